The number of allylic oxidation sites excluding steroid dienone is 1. The molecule has 0 bridgehead atoms. The van der Waals surface area contributed by atoms with E-state index in [-0.39, 0.29) is 17.7 Å². The van der Waals surface area contributed by atoms with Crippen molar-refractivity contribution >= 4 is 5.78 Å². The van der Waals surface area contributed by atoms with E-state index in [4.69, 9.17) is 0 Å². The van der Waals surface area contributed by atoms with Crippen molar-refractivity contribution < 1.29 is 4.79 Å². The van der Waals surface area contributed by atoms with Gasteiger partial charge in [-0.05, 0) is 25.5 Å². The van der Waals surface area contributed by atoms with Crippen molar-refractivity contribution in [2.24, 2.45) is 5.92 Å². The normalized spacial score (nSPS) is 20.6. The Labute approximate surface area is 103 Å². The summed E-state index contributed by atoms with van der Waals surface area (Å²) in [5.41, 5.74) is 0.829. The van der Waals surface area contributed by atoms with Gasteiger partial charge in [-0.1, -0.05) is 43.3 Å². The van der Waals surface area contributed by atoms with Gasteiger partial charge in [0.15, 0.2) is 5.78 Å². The number of nitrogens with one attached hydrogen (secondary N) is 1. The molecule has 17 heavy (non-hydrogen) atoms. The highest BCUT2D eigenvalue weighted by molar-refractivity contribution is 5.98. The van der Waals surface area contributed by atoms with Gasteiger partial charge in [-0.15, -0.1) is 0 Å². The molecule has 1 aliphatic heterocycles. The summed E-state index contributed by atoms with van der Waals surface area (Å²) in [5.74, 6) is 0.350. The van der Waals surface area contributed by atoms with E-state index >= 15 is 0 Å². The molecule has 2 unspecified atom stereocenters. The summed E-state index contributed by atoms with van der Waals surface area (Å²) in [6, 6.07) is 9.90. The van der Waals surface area contributed by atoms with E-state index in [0.29, 0.717) is 0 Å². The summed E-state index contributed by atoms with van der Waals surface area (Å²) in [6.07, 6.45) is 7.11. The lowest BCUT2D eigenvalue weighted by Gasteiger charge is -2.27. The molecule has 90 valence electrons. The molecule has 0 radical (unpaired) electrons. The van der Waals surface area contributed by atoms with Gasteiger partial charge < -0.3 is 5.32 Å². The molecule has 1 N–H and O–H groups in total. The molecule has 2 heteroatoms. The van der Waals surface area contributed by atoms with Crippen LogP contribution in [0.5, 0.6) is 0 Å². The van der Waals surface area contributed by atoms with Crippen molar-refractivity contribution in [1.29, 1.82) is 0 Å². The second-order valence-corrected chi connectivity index (χ2v) is 4.50. The molecule has 1 aliphatic rings. The van der Waals surface area contributed by atoms with E-state index in [0.717, 1.165) is 24.8 Å². The van der Waals surface area contributed by atoms with Crippen LogP contribution in [0, 0.1) is 5.92 Å². The zero-order valence-electron chi connectivity index (χ0n) is 10.2. The number of benzene rings is 1. The summed E-state index contributed by atoms with van der Waals surface area (Å²) in [5, 5.41) is 3.32. The molecular formula is C15H19NO. The van der Waals surface area contributed by atoms with Crippen LogP contribution in [-0.2, 0) is 0 Å². The van der Waals surface area contributed by atoms with E-state index in [9.17, 15) is 4.79 Å². The van der Waals surface area contributed by atoms with Crippen molar-refractivity contribution in [1.82, 2.24) is 5.32 Å². The zero-order chi connectivity index (χ0) is 12.1. The second-order valence-electron chi connectivity index (χ2n) is 4.50. The maximum Gasteiger partial charge on any atom is 0.167 e. The minimum Gasteiger partial charge on any atom is -0.388 e. The third-order valence-corrected chi connectivity index (χ3v) is 3.39. The Balaban J connectivity index is 2.13. The van der Waals surface area contributed by atoms with Gasteiger partial charge in [-0.25, -0.2) is 0 Å². The van der Waals surface area contributed by atoms with Crippen LogP contribution in [0.2, 0.25) is 0 Å². The van der Waals surface area contributed by atoms with Gasteiger partial charge >= 0.3 is 0 Å². The molecule has 1 aromatic carbocycles. The Bertz CT molecular complexity index is 397. The second kappa shape index (κ2) is 5.67. The highest BCUT2D eigenvalue weighted by Gasteiger charge is 2.27. The molecule has 0 aromatic heterocycles. The van der Waals surface area contributed by atoms with Gasteiger partial charge in [-0.3, -0.25) is 4.79 Å². The first-order chi connectivity index (χ1) is 8.33. The predicted molar refractivity (Wildman–Crippen MR) is 69.9 cm³/mol. The summed E-state index contributed by atoms with van der Waals surface area (Å²) < 4.78 is 0. The lowest BCUT2D eigenvalue weighted by molar-refractivity contribution is 0.0884. The maximum atomic E-state index is 12.4. The summed E-state index contributed by atoms with van der Waals surface area (Å²) >= 11 is 0. The number of carbonyl (C=O) groups is 1. The van der Waals surface area contributed by atoms with Crippen LogP contribution >= 0.6 is 0 Å². The molecule has 1 aromatic rings. The van der Waals surface area contributed by atoms with Gasteiger partial charge in [0.05, 0.1) is 0 Å². The fourth-order valence-corrected chi connectivity index (χ4v) is 2.42. The number of hydrogen-bond donors (Lipinski definition) is 1. The fourth-order valence-electron chi connectivity index (χ4n) is 2.42. The Morgan fingerprint density at radius 3 is 2.76 bits per heavy atom. The highest BCUT2D eigenvalue weighted by Crippen LogP contribution is 2.21. The van der Waals surface area contributed by atoms with Gasteiger partial charge in [0.25, 0.3) is 0 Å². The van der Waals surface area contributed by atoms with Crippen LogP contribution in [0.4, 0.5) is 0 Å². The Morgan fingerprint density at radius 1 is 1.41 bits per heavy atom. The molecule has 2 rings (SSSR count). The van der Waals surface area contributed by atoms with Crippen molar-refractivity contribution in [2.45, 2.75) is 32.2 Å². The molecular weight excluding hydrogens is 210 g/mol. The first kappa shape index (κ1) is 11.9. The molecule has 0 fully saturated rings. The smallest absolute Gasteiger partial charge is 0.167 e. The van der Waals surface area contributed by atoms with Gasteiger partial charge in [-0.2, -0.15) is 0 Å². The maximum absolute atomic E-state index is 12.4. The minimum absolute atomic E-state index is 0.0855. The molecule has 0 saturated carbocycles. The van der Waals surface area contributed by atoms with Crippen molar-refractivity contribution in [3.8, 4) is 0 Å². The first-order valence-electron chi connectivity index (χ1n) is 6.33. The van der Waals surface area contributed by atoms with E-state index in [1.54, 1.807) is 0 Å². The SMILES string of the molecule is CCC(C(=O)c1ccccc1)C1CCC=CN1. The van der Waals surface area contributed by atoms with Crippen LogP contribution in [0.15, 0.2) is 42.6 Å². The van der Waals surface area contributed by atoms with E-state index in [1.807, 2.05) is 36.5 Å². The number of carbonyl (C=O) groups excluding carboxylic acids is 1. The third-order valence-electron chi connectivity index (χ3n) is 3.39. The number of rotatable bonds is 4. The van der Waals surface area contributed by atoms with Crippen LogP contribution in [0.3, 0.4) is 0 Å². The monoisotopic (exact) mass is 229 g/mol. The third kappa shape index (κ3) is 2.76. The molecule has 2 nitrogen and oxygen atoms in total. The number of ketones is 1. The molecule has 2 atom stereocenters. The number of Topliss-reactive ketones (excluding diaryl/α,β-unsaturated/α-hetero) is 1. The van der Waals surface area contributed by atoms with Crippen molar-refractivity contribution in [2.75, 3.05) is 0 Å². The molecule has 0 aliphatic carbocycles. The molecule has 0 spiro atoms. The molecule has 0 amide bonds. The van der Waals surface area contributed by atoms with E-state index in [1.165, 1.54) is 0 Å². The quantitative estimate of drug-likeness (QED) is 0.803. The lowest BCUT2D eigenvalue weighted by Crippen LogP contribution is -2.38. The van der Waals surface area contributed by atoms with E-state index in [2.05, 4.69) is 18.3 Å². The predicted octanol–water partition coefficient (Wildman–Crippen LogP) is 3.16. The van der Waals surface area contributed by atoms with Crippen LogP contribution in [0.1, 0.15) is 36.5 Å². The Kier molecular flexibility index (Phi) is 3.97. The fraction of sp³-hybridized carbons (Fsp3) is 0.400. The minimum atomic E-state index is 0.0855. The van der Waals surface area contributed by atoms with Crippen molar-refractivity contribution in [3.05, 3.63) is 48.2 Å². The summed E-state index contributed by atoms with van der Waals surface area (Å²) in [6.45, 7) is 2.09. The molecule has 0 saturated heterocycles. The summed E-state index contributed by atoms with van der Waals surface area (Å²) in [4.78, 5) is 12.4. The van der Waals surface area contributed by atoms with Crippen LogP contribution < -0.4 is 5.32 Å². The standard InChI is InChI=1S/C15H19NO/c1-2-13(14-10-6-7-11-16-14)15(17)12-8-4-3-5-9-12/h3-5,7-9,11,13-14,16H,2,6,10H2,1H3. The van der Waals surface area contributed by atoms with Crippen molar-refractivity contribution in [3.63, 3.8) is 0 Å². The van der Waals surface area contributed by atoms with Gasteiger partial charge in [0.2, 0.25) is 0 Å². The average Bonchev–Trinajstić information content (AvgIpc) is 2.42. The first-order valence-corrected chi connectivity index (χ1v) is 6.33. The molecule has 1 heterocycles. The van der Waals surface area contributed by atoms with Crippen LogP contribution in [0.25, 0.3) is 0 Å². The van der Waals surface area contributed by atoms with Gasteiger partial charge in [0, 0.05) is 17.5 Å². The average molecular weight is 229 g/mol. The van der Waals surface area contributed by atoms with Gasteiger partial charge in [0.1, 0.15) is 0 Å². The topological polar surface area (TPSA) is 29.1 Å². The number of hydrogen-bond acceptors (Lipinski definition) is 2. The highest BCUT2D eigenvalue weighted by atomic mass is 16.1. The zero-order valence-corrected chi connectivity index (χ0v) is 10.2. The Morgan fingerprint density at radius 2 is 2.18 bits per heavy atom. The Hall–Kier alpha value is -1.57. The van der Waals surface area contributed by atoms with E-state index < -0.39 is 0 Å². The largest absolute Gasteiger partial charge is 0.388 e. The lowest BCUT2D eigenvalue weighted by atomic mass is 9.85. The van der Waals surface area contributed by atoms with Crippen LogP contribution in [-0.4, -0.2) is 11.8 Å². The summed E-state index contributed by atoms with van der Waals surface area (Å²) in [7, 11) is 0.